The van der Waals surface area contributed by atoms with Crippen LogP contribution < -0.4 is 5.32 Å². The number of rotatable bonds is 4. The minimum Gasteiger partial charge on any atom is -0.323 e. The SMILES string of the molecule is CCc1nc2ccc(F)cc2n1-c1cnnc(Nc2ccc(C(F)(F)F)cc2)n1. The Bertz CT molecular complexity index is 1170. The van der Waals surface area contributed by atoms with E-state index >= 15 is 0 Å². The Morgan fingerprint density at radius 2 is 1.79 bits per heavy atom. The van der Waals surface area contributed by atoms with Gasteiger partial charge in [-0.3, -0.25) is 4.57 Å². The first-order chi connectivity index (χ1) is 13.8. The Hall–Kier alpha value is -3.56. The third-order valence-electron chi connectivity index (χ3n) is 4.25. The summed E-state index contributed by atoms with van der Waals surface area (Å²) in [7, 11) is 0. The van der Waals surface area contributed by atoms with Gasteiger partial charge in [-0.25, -0.2) is 9.37 Å². The van der Waals surface area contributed by atoms with Crippen molar-refractivity contribution in [3.8, 4) is 5.82 Å². The molecule has 4 aromatic rings. The van der Waals surface area contributed by atoms with Crippen LogP contribution >= 0.6 is 0 Å². The van der Waals surface area contributed by atoms with Gasteiger partial charge in [0.1, 0.15) is 11.6 Å². The van der Waals surface area contributed by atoms with Gasteiger partial charge in [-0.15, -0.1) is 5.10 Å². The number of aromatic nitrogens is 5. The quantitative estimate of drug-likeness (QED) is 0.502. The van der Waals surface area contributed by atoms with Crippen LogP contribution in [0.5, 0.6) is 0 Å². The van der Waals surface area contributed by atoms with Crippen LogP contribution in [0, 0.1) is 5.82 Å². The monoisotopic (exact) mass is 402 g/mol. The lowest BCUT2D eigenvalue weighted by Crippen LogP contribution is -2.08. The minimum atomic E-state index is -4.41. The zero-order valence-electron chi connectivity index (χ0n) is 15.1. The molecular formula is C19H14F4N6. The second-order valence-electron chi connectivity index (χ2n) is 6.19. The van der Waals surface area contributed by atoms with Gasteiger partial charge in [-0.2, -0.15) is 23.3 Å². The van der Waals surface area contributed by atoms with Crippen molar-refractivity contribution in [2.75, 3.05) is 5.32 Å². The fourth-order valence-corrected chi connectivity index (χ4v) is 2.92. The molecule has 4 rings (SSSR count). The van der Waals surface area contributed by atoms with E-state index in [1.165, 1.54) is 30.5 Å². The molecule has 0 saturated carbocycles. The number of nitrogens with one attached hydrogen (secondary N) is 1. The van der Waals surface area contributed by atoms with Gasteiger partial charge in [-0.1, -0.05) is 6.92 Å². The highest BCUT2D eigenvalue weighted by Crippen LogP contribution is 2.30. The van der Waals surface area contributed by atoms with Crippen LogP contribution in [0.2, 0.25) is 0 Å². The van der Waals surface area contributed by atoms with Gasteiger partial charge in [0, 0.05) is 18.2 Å². The Morgan fingerprint density at radius 3 is 2.48 bits per heavy atom. The highest BCUT2D eigenvalue weighted by molar-refractivity contribution is 5.78. The smallest absolute Gasteiger partial charge is 0.323 e. The number of halogens is 4. The third-order valence-corrected chi connectivity index (χ3v) is 4.25. The Kier molecular flexibility index (Phi) is 4.61. The molecule has 0 amide bonds. The number of hydrogen-bond donors (Lipinski definition) is 1. The number of benzene rings is 2. The summed E-state index contributed by atoms with van der Waals surface area (Å²) in [6.45, 7) is 1.91. The summed E-state index contributed by atoms with van der Waals surface area (Å²) in [5.41, 5.74) is 0.756. The largest absolute Gasteiger partial charge is 0.416 e. The van der Waals surface area contributed by atoms with Crippen molar-refractivity contribution < 1.29 is 17.6 Å². The molecule has 0 unspecified atom stereocenters. The van der Waals surface area contributed by atoms with E-state index in [-0.39, 0.29) is 5.95 Å². The van der Waals surface area contributed by atoms with Crippen LogP contribution in [0.1, 0.15) is 18.3 Å². The molecule has 0 fully saturated rings. The molecule has 0 aliphatic heterocycles. The summed E-state index contributed by atoms with van der Waals surface area (Å²) in [6, 6.07) is 8.73. The van der Waals surface area contributed by atoms with Gasteiger partial charge in [-0.05, 0) is 36.4 Å². The van der Waals surface area contributed by atoms with Crippen molar-refractivity contribution in [2.24, 2.45) is 0 Å². The highest BCUT2D eigenvalue weighted by atomic mass is 19.4. The number of fused-ring (bicyclic) bond motifs is 1. The molecule has 2 aromatic heterocycles. The molecule has 29 heavy (non-hydrogen) atoms. The number of nitrogens with zero attached hydrogens (tertiary/aromatic N) is 5. The predicted octanol–water partition coefficient (Wildman–Crippen LogP) is 4.67. The molecule has 0 saturated heterocycles. The van der Waals surface area contributed by atoms with Crippen LogP contribution in [-0.2, 0) is 12.6 Å². The summed E-state index contributed by atoms with van der Waals surface area (Å²) < 4.78 is 53.5. The van der Waals surface area contributed by atoms with E-state index in [0.717, 1.165) is 12.1 Å². The zero-order valence-corrected chi connectivity index (χ0v) is 15.1. The highest BCUT2D eigenvalue weighted by Gasteiger charge is 2.30. The maximum atomic E-state index is 13.7. The summed E-state index contributed by atoms with van der Waals surface area (Å²) in [6.07, 6.45) is -2.43. The molecule has 0 atom stereocenters. The van der Waals surface area contributed by atoms with E-state index in [4.69, 9.17) is 0 Å². The van der Waals surface area contributed by atoms with Crippen molar-refractivity contribution in [3.05, 3.63) is 65.9 Å². The molecule has 2 heterocycles. The van der Waals surface area contributed by atoms with Crippen molar-refractivity contribution in [3.63, 3.8) is 0 Å². The van der Waals surface area contributed by atoms with Gasteiger partial charge in [0.2, 0.25) is 5.95 Å². The van der Waals surface area contributed by atoms with E-state index < -0.39 is 17.6 Å². The van der Waals surface area contributed by atoms with Crippen LogP contribution in [0.3, 0.4) is 0 Å². The minimum absolute atomic E-state index is 0.0857. The van der Waals surface area contributed by atoms with Gasteiger partial charge in [0.25, 0.3) is 0 Å². The predicted molar refractivity (Wildman–Crippen MR) is 98.5 cm³/mol. The fourth-order valence-electron chi connectivity index (χ4n) is 2.92. The van der Waals surface area contributed by atoms with Gasteiger partial charge in [0.05, 0.1) is 22.8 Å². The molecular weight excluding hydrogens is 388 g/mol. The molecule has 2 aromatic carbocycles. The fraction of sp³-hybridized carbons (Fsp3) is 0.158. The summed E-state index contributed by atoms with van der Waals surface area (Å²) >= 11 is 0. The first kappa shape index (κ1) is 18.8. The van der Waals surface area contributed by atoms with Crippen LogP contribution in [-0.4, -0.2) is 24.7 Å². The van der Waals surface area contributed by atoms with E-state index in [9.17, 15) is 17.6 Å². The van der Waals surface area contributed by atoms with Gasteiger partial charge < -0.3 is 5.32 Å². The summed E-state index contributed by atoms with van der Waals surface area (Å²) in [4.78, 5) is 8.84. The van der Waals surface area contributed by atoms with Crippen LogP contribution in [0.15, 0.2) is 48.7 Å². The maximum absolute atomic E-state index is 13.7. The molecule has 148 valence electrons. The molecule has 10 heteroatoms. The molecule has 0 aliphatic rings. The average molecular weight is 402 g/mol. The second kappa shape index (κ2) is 7.12. The zero-order chi connectivity index (χ0) is 20.6. The Balaban J connectivity index is 1.70. The number of aryl methyl sites for hydroxylation is 1. The van der Waals surface area contributed by atoms with Crippen molar-refractivity contribution in [1.29, 1.82) is 0 Å². The first-order valence-corrected chi connectivity index (χ1v) is 8.66. The third kappa shape index (κ3) is 3.73. The molecule has 6 nitrogen and oxygen atoms in total. The number of hydrogen-bond acceptors (Lipinski definition) is 5. The standard InChI is InChI=1S/C19H14F4N6/c1-2-16-26-14-8-5-12(20)9-15(14)29(16)17-10-24-28-18(27-17)25-13-6-3-11(4-7-13)19(21,22)23/h3-10H,2H2,1H3,(H,25,27,28). The molecule has 0 radical (unpaired) electrons. The second-order valence-corrected chi connectivity index (χ2v) is 6.19. The Labute approximate surface area is 162 Å². The lowest BCUT2D eigenvalue weighted by atomic mass is 10.2. The Morgan fingerprint density at radius 1 is 1.03 bits per heavy atom. The average Bonchev–Trinajstić information content (AvgIpc) is 3.05. The van der Waals surface area contributed by atoms with Gasteiger partial charge in [0.15, 0.2) is 5.82 Å². The molecule has 0 spiro atoms. The van der Waals surface area contributed by atoms with E-state index in [1.807, 2.05) is 6.92 Å². The maximum Gasteiger partial charge on any atom is 0.416 e. The lowest BCUT2D eigenvalue weighted by molar-refractivity contribution is -0.137. The number of alkyl halides is 3. The molecule has 0 aliphatic carbocycles. The van der Waals surface area contributed by atoms with E-state index in [0.29, 0.717) is 34.8 Å². The summed E-state index contributed by atoms with van der Waals surface area (Å²) in [5.74, 6) is 0.694. The van der Waals surface area contributed by atoms with Gasteiger partial charge >= 0.3 is 6.18 Å². The van der Waals surface area contributed by atoms with E-state index in [2.05, 4.69) is 25.5 Å². The summed E-state index contributed by atoms with van der Waals surface area (Å²) in [5, 5.41) is 10.6. The molecule has 1 N–H and O–H groups in total. The van der Waals surface area contributed by atoms with Crippen molar-refractivity contribution >= 4 is 22.7 Å². The normalized spacial score (nSPS) is 11.8. The first-order valence-electron chi connectivity index (χ1n) is 8.66. The van der Waals surface area contributed by atoms with Crippen LogP contribution in [0.4, 0.5) is 29.2 Å². The van der Waals surface area contributed by atoms with E-state index in [1.54, 1.807) is 10.6 Å². The lowest BCUT2D eigenvalue weighted by Gasteiger charge is -2.10. The number of anilines is 2. The topological polar surface area (TPSA) is 68.5 Å². The van der Waals surface area contributed by atoms with Crippen LogP contribution in [0.25, 0.3) is 16.9 Å². The molecule has 0 bridgehead atoms. The number of imidazole rings is 1. The van der Waals surface area contributed by atoms with Crippen molar-refractivity contribution in [2.45, 2.75) is 19.5 Å². The van der Waals surface area contributed by atoms with Crippen molar-refractivity contribution in [1.82, 2.24) is 24.7 Å².